The van der Waals surface area contributed by atoms with Crippen LogP contribution in [0.5, 0.6) is 11.5 Å². The second-order valence-electron chi connectivity index (χ2n) is 13.0. The number of rotatable bonds is 11. The molecule has 1 unspecified atom stereocenters. The average Bonchev–Trinajstić information content (AvgIpc) is 3.94. The van der Waals surface area contributed by atoms with Gasteiger partial charge in [-0.05, 0) is 75.8 Å². The second kappa shape index (κ2) is 14.6. The van der Waals surface area contributed by atoms with Gasteiger partial charge in [-0.2, -0.15) is 0 Å². The Morgan fingerprint density at radius 1 is 0.958 bits per heavy atom. The maximum Gasteiger partial charge on any atom is 0.410 e. The number of carbonyl (C=O) groups is 2. The predicted octanol–water partition coefficient (Wildman–Crippen LogP) is 6.94. The molecule has 1 atom stereocenters. The lowest BCUT2D eigenvalue weighted by Crippen LogP contribution is -2.40. The number of ether oxygens (including phenoxy) is 4. The zero-order valence-electron chi connectivity index (χ0n) is 27.9. The largest absolute Gasteiger partial charge is 0.494 e. The van der Waals surface area contributed by atoms with E-state index in [1.165, 1.54) is 7.11 Å². The molecule has 48 heavy (non-hydrogen) atoms. The molecule has 3 heterocycles. The fourth-order valence-electron chi connectivity index (χ4n) is 5.64. The van der Waals surface area contributed by atoms with Crippen LogP contribution < -0.4 is 15.0 Å². The maximum atomic E-state index is 13.5. The third-order valence-electron chi connectivity index (χ3n) is 8.16. The van der Waals surface area contributed by atoms with Gasteiger partial charge in [0.1, 0.15) is 23.7 Å². The van der Waals surface area contributed by atoms with Crippen LogP contribution in [0.1, 0.15) is 63.2 Å². The Labute approximate surface area is 280 Å². The molecule has 2 aromatic heterocycles. The molecule has 1 N–H and O–H groups in total. The number of aromatic nitrogens is 2. The van der Waals surface area contributed by atoms with Crippen molar-refractivity contribution in [1.82, 2.24) is 20.3 Å². The minimum Gasteiger partial charge on any atom is -0.494 e. The van der Waals surface area contributed by atoms with E-state index in [-0.39, 0.29) is 17.7 Å². The molecule has 1 saturated heterocycles. The normalized spacial score (nSPS) is 16.3. The molecule has 11 nitrogen and oxygen atoms in total. The van der Waals surface area contributed by atoms with E-state index in [1.807, 2.05) is 69.3 Å². The molecule has 2 aromatic carbocycles. The summed E-state index contributed by atoms with van der Waals surface area (Å²) in [4.78, 5) is 42.5. The third kappa shape index (κ3) is 8.03. The number of carbonyl (C=O) groups excluding carboxylic acids is 2. The van der Waals surface area contributed by atoms with Crippen molar-refractivity contribution in [3.05, 3.63) is 72.6 Å². The number of benzene rings is 2. The number of hydroxylamine groups is 1. The molecule has 0 spiro atoms. The Morgan fingerprint density at radius 3 is 2.31 bits per heavy atom. The fourth-order valence-corrected chi connectivity index (χ4v) is 5.64. The lowest BCUT2D eigenvalue weighted by atomic mass is 10.00. The van der Waals surface area contributed by atoms with Crippen molar-refractivity contribution in [1.29, 1.82) is 0 Å². The van der Waals surface area contributed by atoms with Gasteiger partial charge >= 0.3 is 6.09 Å². The van der Waals surface area contributed by atoms with Gasteiger partial charge in [-0.3, -0.25) is 9.78 Å². The van der Waals surface area contributed by atoms with Gasteiger partial charge in [0.15, 0.2) is 12.0 Å². The summed E-state index contributed by atoms with van der Waals surface area (Å²) in [6.45, 7) is 7.06. The molecule has 2 fully saturated rings. The molecular formula is C37H42N4O7. The number of nitrogens with zero attached hydrogens (tertiary/aromatic N) is 3. The molecular weight excluding hydrogens is 612 g/mol. The van der Waals surface area contributed by atoms with E-state index < -0.39 is 17.8 Å². The number of hydrogen-bond acceptors (Lipinski definition) is 9. The first-order valence-corrected chi connectivity index (χ1v) is 16.4. The van der Waals surface area contributed by atoms with E-state index in [9.17, 15) is 9.59 Å². The maximum absolute atomic E-state index is 13.5. The average molecular weight is 655 g/mol. The first kappa shape index (κ1) is 33.2. The van der Waals surface area contributed by atoms with E-state index in [4.69, 9.17) is 28.8 Å². The van der Waals surface area contributed by atoms with Gasteiger partial charge in [-0.25, -0.2) is 20.1 Å². The zero-order valence-corrected chi connectivity index (χ0v) is 27.9. The van der Waals surface area contributed by atoms with E-state index in [2.05, 4.69) is 10.5 Å². The zero-order chi connectivity index (χ0) is 33.7. The Bertz CT molecular complexity index is 1730. The molecule has 2 aliphatic rings. The SMILES string of the molecule is COc1c(-c2ccc(-c3ccc(OCCN(C(=O)OC(C)(C)C)C4CC4)cc3)cc2)nc2ccncc2c1C(=O)NOC1CCCCO1. The van der Waals surface area contributed by atoms with Crippen molar-refractivity contribution in [3.63, 3.8) is 0 Å². The summed E-state index contributed by atoms with van der Waals surface area (Å²) in [6, 6.07) is 17.7. The number of hydrogen-bond donors (Lipinski definition) is 1. The molecule has 1 aliphatic carbocycles. The van der Waals surface area contributed by atoms with Gasteiger partial charge in [-0.1, -0.05) is 36.4 Å². The molecule has 1 aliphatic heterocycles. The molecule has 1 saturated carbocycles. The van der Waals surface area contributed by atoms with Crippen LogP contribution in [-0.2, 0) is 14.3 Å². The van der Waals surface area contributed by atoms with Gasteiger partial charge in [0.05, 0.1) is 24.7 Å². The van der Waals surface area contributed by atoms with E-state index in [0.717, 1.165) is 48.1 Å². The summed E-state index contributed by atoms with van der Waals surface area (Å²) in [6.07, 6.45) is 7.10. The smallest absolute Gasteiger partial charge is 0.410 e. The van der Waals surface area contributed by atoms with E-state index in [0.29, 0.717) is 48.5 Å². The number of pyridine rings is 2. The summed E-state index contributed by atoms with van der Waals surface area (Å²) in [5, 5.41) is 0.549. The third-order valence-corrected chi connectivity index (χ3v) is 8.16. The van der Waals surface area contributed by atoms with Crippen LogP contribution in [0.25, 0.3) is 33.3 Å². The Morgan fingerprint density at radius 2 is 1.67 bits per heavy atom. The first-order chi connectivity index (χ1) is 23.2. The fraction of sp³-hybridized carbons (Fsp3) is 0.405. The van der Waals surface area contributed by atoms with Crippen LogP contribution in [0.3, 0.4) is 0 Å². The highest BCUT2D eigenvalue weighted by Crippen LogP contribution is 2.37. The first-order valence-electron chi connectivity index (χ1n) is 16.4. The van der Waals surface area contributed by atoms with Crippen LogP contribution in [0.4, 0.5) is 4.79 Å². The topological polar surface area (TPSA) is 121 Å². The van der Waals surface area contributed by atoms with Crippen molar-refractivity contribution in [2.24, 2.45) is 0 Å². The lowest BCUT2D eigenvalue weighted by molar-refractivity contribution is -0.186. The van der Waals surface area contributed by atoms with Gasteiger partial charge < -0.3 is 23.8 Å². The molecule has 6 rings (SSSR count). The van der Waals surface area contributed by atoms with Crippen molar-refractivity contribution >= 4 is 22.9 Å². The van der Waals surface area contributed by atoms with E-state index >= 15 is 0 Å². The van der Waals surface area contributed by atoms with Crippen molar-refractivity contribution in [2.75, 3.05) is 26.9 Å². The molecule has 0 bridgehead atoms. The molecule has 252 valence electrons. The monoisotopic (exact) mass is 654 g/mol. The van der Waals surface area contributed by atoms with Crippen molar-refractivity contribution in [2.45, 2.75) is 70.8 Å². The summed E-state index contributed by atoms with van der Waals surface area (Å²) in [7, 11) is 1.52. The molecule has 4 aromatic rings. The molecule has 11 heteroatoms. The standard InChI is InChI=1S/C37H42N4O7/c1-37(2,3)47-36(43)41(27-14-15-27)20-22-45-28-16-12-25(13-17-28)24-8-10-26(11-9-24)33-34(44-4)32(29-23-38-19-18-30(29)39-33)35(42)40-48-31-7-5-6-21-46-31/h8-13,16-19,23,27,31H,5-7,14-15,20-22H2,1-4H3,(H,40,42). The second-order valence-corrected chi connectivity index (χ2v) is 13.0. The summed E-state index contributed by atoms with van der Waals surface area (Å²) in [5.74, 6) is 0.578. The van der Waals surface area contributed by atoms with Crippen molar-refractivity contribution in [3.8, 4) is 33.9 Å². The van der Waals surface area contributed by atoms with Crippen LogP contribution in [0.2, 0.25) is 0 Å². The van der Waals surface area contributed by atoms with Gasteiger partial charge in [0.25, 0.3) is 5.91 Å². The summed E-state index contributed by atoms with van der Waals surface area (Å²) in [5.41, 5.74) is 6.22. The van der Waals surface area contributed by atoms with Crippen LogP contribution in [-0.4, -0.2) is 71.7 Å². The quantitative estimate of drug-likeness (QED) is 0.172. The number of amides is 2. The Hall–Kier alpha value is -4.74. The van der Waals surface area contributed by atoms with Gasteiger partial charge in [-0.15, -0.1) is 0 Å². The highest BCUT2D eigenvalue weighted by Gasteiger charge is 2.35. The van der Waals surface area contributed by atoms with Gasteiger partial charge in [0, 0.05) is 42.4 Å². The highest BCUT2D eigenvalue weighted by atomic mass is 16.8. The summed E-state index contributed by atoms with van der Waals surface area (Å²) < 4.78 is 22.9. The van der Waals surface area contributed by atoms with E-state index in [1.54, 1.807) is 23.4 Å². The van der Waals surface area contributed by atoms with Crippen LogP contribution >= 0.6 is 0 Å². The summed E-state index contributed by atoms with van der Waals surface area (Å²) >= 11 is 0. The number of methoxy groups -OCH3 is 1. The minimum atomic E-state index is -0.534. The van der Waals surface area contributed by atoms with Gasteiger partial charge in [0.2, 0.25) is 0 Å². The van der Waals surface area contributed by atoms with Crippen molar-refractivity contribution < 1.29 is 33.4 Å². The Kier molecular flexibility index (Phi) is 10.1. The molecule has 2 amide bonds. The minimum absolute atomic E-state index is 0.231. The lowest BCUT2D eigenvalue weighted by Gasteiger charge is -2.27. The number of fused-ring (bicyclic) bond motifs is 1. The number of nitrogens with one attached hydrogen (secondary N) is 1. The van der Waals surface area contributed by atoms with Crippen LogP contribution in [0, 0.1) is 0 Å². The Balaban J connectivity index is 1.15. The molecule has 0 radical (unpaired) electrons. The highest BCUT2D eigenvalue weighted by molar-refractivity contribution is 6.09. The predicted molar refractivity (Wildman–Crippen MR) is 181 cm³/mol. The van der Waals surface area contributed by atoms with Crippen LogP contribution in [0.15, 0.2) is 67.0 Å².